The van der Waals surface area contributed by atoms with Crippen LogP contribution in [0.25, 0.3) is 0 Å². The number of nitrogens with zero attached hydrogens (tertiary/aromatic N) is 2. The first-order valence-electron chi connectivity index (χ1n) is 7.21. The van der Waals surface area contributed by atoms with Gasteiger partial charge < -0.3 is 10.6 Å². The first-order chi connectivity index (χ1) is 10.5. The topological polar surface area (TPSA) is 76.0 Å². The van der Waals surface area contributed by atoms with Crippen molar-refractivity contribution in [3.05, 3.63) is 41.0 Å². The number of carbonyl (C=O) groups is 2. The highest BCUT2D eigenvalue weighted by Crippen LogP contribution is 2.37. The molecule has 0 bridgehead atoms. The Morgan fingerprint density at radius 1 is 1.41 bits per heavy atom. The normalized spacial score (nSPS) is 16.9. The molecule has 114 valence electrons. The van der Waals surface area contributed by atoms with Crippen LogP contribution in [0.5, 0.6) is 0 Å². The summed E-state index contributed by atoms with van der Waals surface area (Å²) in [5.74, 6) is 0.967. The third kappa shape index (κ3) is 2.36. The predicted octanol–water partition coefficient (Wildman–Crippen LogP) is 2.43. The van der Waals surface area contributed by atoms with Crippen LogP contribution in [0.3, 0.4) is 0 Å². The molecular weight excluding hydrogens is 280 g/mol. The van der Waals surface area contributed by atoms with Crippen LogP contribution < -0.4 is 10.6 Å². The van der Waals surface area contributed by atoms with Crippen molar-refractivity contribution in [1.29, 1.82) is 0 Å². The number of aromatic nitrogens is 2. The van der Waals surface area contributed by atoms with E-state index in [-0.39, 0.29) is 17.7 Å². The molecule has 3 rings (SSSR count). The lowest BCUT2D eigenvalue weighted by molar-refractivity contribution is -0.116. The summed E-state index contributed by atoms with van der Waals surface area (Å²) in [7, 11) is 1.75. The summed E-state index contributed by atoms with van der Waals surface area (Å²) < 4.78 is 1.59. The number of aryl methyl sites for hydroxylation is 2. The van der Waals surface area contributed by atoms with E-state index >= 15 is 0 Å². The quantitative estimate of drug-likeness (QED) is 0.894. The molecule has 2 amide bonds. The van der Waals surface area contributed by atoms with E-state index in [9.17, 15) is 9.59 Å². The van der Waals surface area contributed by atoms with Crippen LogP contribution in [0.4, 0.5) is 11.6 Å². The smallest absolute Gasteiger partial charge is 0.257 e. The number of anilines is 2. The van der Waals surface area contributed by atoms with Crippen LogP contribution >= 0.6 is 0 Å². The molecule has 0 spiro atoms. The Morgan fingerprint density at radius 3 is 2.86 bits per heavy atom. The summed E-state index contributed by atoms with van der Waals surface area (Å²) in [6.07, 6.45) is 0.395. The zero-order valence-electron chi connectivity index (χ0n) is 12.8. The number of nitrogens with one attached hydrogen (secondary N) is 2. The Morgan fingerprint density at radius 2 is 2.14 bits per heavy atom. The minimum Gasteiger partial charge on any atom is -0.311 e. The molecule has 0 saturated carbocycles. The lowest BCUT2D eigenvalue weighted by atomic mass is 9.95. The Labute approximate surface area is 128 Å². The van der Waals surface area contributed by atoms with Crippen LogP contribution in [0, 0.1) is 6.92 Å². The van der Waals surface area contributed by atoms with Crippen molar-refractivity contribution < 1.29 is 9.59 Å². The van der Waals surface area contributed by atoms with Gasteiger partial charge >= 0.3 is 0 Å². The molecule has 1 atom stereocenters. The van der Waals surface area contributed by atoms with Gasteiger partial charge in [-0.15, -0.1) is 0 Å². The Bertz CT molecular complexity index is 764. The van der Waals surface area contributed by atoms with Crippen molar-refractivity contribution >= 4 is 23.5 Å². The number of hydrogen-bond acceptors (Lipinski definition) is 3. The number of benzene rings is 1. The van der Waals surface area contributed by atoms with Crippen molar-refractivity contribution in [3.8, 4) is 0 Å². The lowest BCUT2D eigenvalue weighted by Crippen LogP contribution is -2.23. The van der Waals surface area contributed by atoms with Crippen LogP contribution in [0.15, 0.2) is 24.3 Å². The lowest BCUT2D eigenvalue weighted by Gasteiger charge is -2.20. The van der Waals surface area contributed by atoms with Crippen LogP contribution in [0.2, 0.25) is 0 Å². The van der Waals surface area contributed by atoms with Gasteiger partial charge in [-0.05, 0) is 24.5 Å². The van der Waals surface area contributed by atoms with E-state index in [0.29, 0.717) is 23.6 Å². The maximum atomic E-state index is 12.5. The first kappa shape index (κ1) is 14.3. The second kappa shape index (κ2) is 5.29. The monoisotopic (exact) mass is 298 g/mol. The number of rotatable bonds is 2. The number of amides is 2. The van der Waals surface area contributed by atoms with E-state index in [1.165, 1.54) is 0 Å². The minimum atomic E-state index is -0.192. The fourth-order valence-corrected chi connectivity index (χ4v) is 2.81. The average molecular weight is 298 g/mol. The summed E-state index contributed by atoms with van der Waals surface area (Å²) in [4.78, 5) is 24.1. The summed E-state index contributed by atoms with van der Waals surface area (Å²) in [5.41, 5.74) is 2.41. The van der Waals surface area contributed by atoms with E-state index in [0.717, 1.165) is 11.1 Å². The van der Waals surface area contributed by atoms with Gasteiger partial charge in [-0.2, -0.15) is 5.10 Å². The molecule has 0 saturated heterocycles. The van der Waals surface area contributed by atoms with E-state index in [4.69, 9.17) is 0 Å². The molecule has 1 aliphatic rings. The SMILES string of the molecule is Cc1ccccc1C(=O)Nc1nn(C)c2c1C(C)CC(=O)N2. The number of hydrogen-bond donors (Lipinski definition) is 2. The van der Waals surface area contributed by atoms with Gasteiger partial charge in [0.2, 0.25) is 5.91 Å². The molecular formula is C16H18N4O2. The van der Waals surface area contributed by atoms with Gasteiger partial charge in [-0.1, -0.05) is 25.1 Å². The maximum Gasteiger partial charge on any atom is 0.257 e. The van der Waals surface area contributed by atoms with Crippen molar-refractivity contribution in [3.63, 3.8) is 0 Å². The average Bonchev–Trinajstić information content (AvgIpc) is 2.75. The van der Waals surface area contributed by atoms with Crippen LogP contribution in [-0.2, 0) is 11.8 Å². The molecule has 1 aliphatic heterocycles. The van der Waals surface area contributed by atoms with Crippen molar-refractivity contribution in [2.75, 3.05) is 10.6 Å². The standard InChI is InChI=1S/C16H18N4O2/c1-9-6-4-5-7-11(9)16(22)18-14-13-10(2)8-12(21)17-15(13)20(3)19-14/h4-7,10H,8H2,1-3H3,(H,17,21)(H,18,19,22). The molecule has 0 aliphatic carbocycles. The van der Waals surface area contributed by atoms with E-state index < -0.39 is 0 Å². The molecule has 0 fully saturated rings. The molecule has 2 heterocycles. The molecule has 22 heavy (non-hydrogen) atoms. The van der Waals surface area contributed by atoms with Gasteiger partial charge in [-0.25, -0.2) is 0 Å². The Balaban J connectivity index is 1.94. The molecule has 6 nitrogen and oxygen atoms in total. The Kier molecular flexibility index (Phi) is 3.44. The van der Waals surface area contributed by atoms with Gasteiger partial charge in [0.1, 0.15) is 5.82 Å². The van der Waals surface area contributed by atoms with Gasteiger partial charge in [0.15, 0.2) is 5.82 Å². The molecule has 1 aromatic heterocycles. The minimum absolute atomic E-state index is 0.0182. The highest BCUT2D eigenvalue weighted by atomic mass is 16.2. The van der Waals surface area contributed by atoms with Gasteiger partial charge in [0, 0.05) is 24.6 Å². The van der Waals surface area contributed by atoms with Gasteiger partial charge in [-0.3, -0.25) is 14.3 Å². The first-order valence-corrected chi connectivity index (χ1v) is 7.21. The highest BCUT2D eigenvalue weighted by Gasteiger charge is 2.29. The third-order valence-corrected chi connectivity index (χ3v) is 3.95. The molecule has 2 N–H and O–H groups in total. The fourth-order valence-electron chi connectivity index (χ4n) is 2.81. The molecule has 2 aromatic rings. The molecule has 6 heteroatoms. The van der Waals surface area contributed by atoms with Gasteiger partial charge in [0.25, 0.3) is 5.91 Å². The van der Waals surface area contributed by atoms with Gasteiger partial charge in [0.05, 0.1) is 0 Å². The van der Waals surface area contributed by atoms with E-state index in [2.05, 4.69) is 15.7 Å². The largest absolute Gasteiger partial charge is 0.311 e. The molecule has 1 aromatic carbocycles. The third-order valence-electron chi connectivity index (χ3n) is 3.95. The number of carbonyl (C=O) groups excluding carboxylic acids is 2. The summed E-state index contributed by atoms with van der Waals surface area (Å²) in [5, 5.41) is 10.0. The summed E-state index contributed by atoms with van der Waals surface area (Å²) in [6, 6.07) is 7.40. The molecule has 1 unspecified atom stereocenters. The highest BCUT2D eigenvalue weighted by molar-refractivity contribution is 6.06. The Hall–Kier alpha value is -2.63. The van der Waals surface area contributed by atoms with Crippen LogP contribution in [-0.4, -0.2) is 21.6 Å². The zero-order valence-corrected chi connectivity index (χ0v) is 12.8. The zero-order chi connectivity index (χ0) is 15.9. The van der Waals surface area contributed by atoms with E-state index in [1.54, 1.807) is 17.8 Å². The second-order valence-electron chi connectivity index (χ2n) is 5.66. The van der Waals surface area contributed by atoms with Crippen molar-refractivity contribution in [2.45, 2.75) is 26.2 Å². The van der Waals surface area contributed by atoms with Crippen molar-refractivity contribution in [2.24, 2.45) is 7.05 Å². The van der Waals surface area contributed by atoms with Crippen molar-refractivity contribution in [1.82, 2.24) is 9.78 Å². The number of fused-ring (bicyclic) bond motifs is 1. The predicted molar refractivity (Wildman–Crippen MR) is 84.0 cm³/mol. The fraction of sp³-hybridized carbons (Fsp3) is 0.312. The summed E-state index contributed by atoms with van der Waals surface area (Å²) >= 11 is 0. The summed E-state index contributed by atoms with van der Waals surface area (Å²) in [6.45, 7) is 3.86. The maximum absolute atomic E-state index is 12.5. The van der Waals surface area contributed by atoms with E-state index in [1.807, 2.05) is 32.0 Å². The second-order valence-corrected chi connectivity index (χ2v) is 5.66. The molecule has 0 radical (unpaired) electrons. The van der Waals surface area contributed by atoms with Crippen LogP contribution in [0.1, 0.15) is 40.7 Å².